The normalized spacial score (nSPS) is 15.5. The van der Waals surface area contributed by atoms with E-state index < -0.39 is 24.5 Å². The van der Waals surface area contributed by atoms with Crippen LogP contribution in [0.15, 0.2) is 0 Å². The van der Waals surface area contributed by atoms with Gasteiger partial charge in [-0.15, -0.1) is 11.8 Å². The minimum atomic E-state index is -0.692. The summed E-state index contributed by atoms with van der Waals surface area (Å²) in [7, 11) is 1.81. The number of hydrogen-bond donors (Lipinski definition) is 2. The van der Waals surface area contributed by atoms with Gasteiger partial charge >= 0.3 is 12.0 Å². The molecule has 0 aromatic heterocycles. The summed E-state index contributed by atoms with van der Waals surface area (Å²) in [6, 6.07) is -0.374. The zero-order chi connectivity index (χ0) is 20.2. The molecular weight excluding hydrogens is 370 g/mol. The first-order valence-corrected chi connectivity index (χ1v) is 10.6. The van der Waals surface area contributed by atoms with Crippen LogP contribution in [0.5, 0.6) is 0 Å². The number of carbonyl (C=O) groups excluding carboxylic acids is 4. The Kier molecular flexibility index (Phi) is 10.8. The largest absolute Gasteiger partial charge is 0.455 e. The van der Waals surface area contributed by atoms with Crippen molar-refractivity contribution in [3.63, 3.8) is 0 Å². The van der Waals surface area contributed by atoms with E-state index in [0.717, 1.165) is 43.9 Å². The average Bonchev–Trinajstić information content (AvgIpc) is 2.66. The summed E-state index contributed by atoms with van der Waals surface area (Å²) in [5, 5.41) is 4.67. The van der Waals surface area contributed by atoms with Gasteiger partial charge in [0.05, 0.1) is 11.5 Å². The smallest absolute Gasteiger partial charge is 0.321 e. The molecule has 1 aliphatic rings. The van der Waals surface area contributed by atoms with Crippen LogP contribution < -0.4 is 10.6 Å². The van der Waals surface area contributed by atoms with Crippen molar-refractivity contribution in [3.05, 3.63) is 0 Å². The third-order valence-corrected chi connectivity index (χ3v) is 5.46. The first kappa shape index (κ1) is 23.3. The number of hydrogen-bond acceptors (Lipinski definition) is 6. The lowest BCUT2D eigenvalue weighted by atomic mass is 9.94. The van der Waals surface area contributed by atoms with Crippen molar-refractivity contribution in [1.82, 2.24) is 15.5 Å². The number of rotatable bonds is 9. The maximum Gasteiger partial charge on any atom is 0.321 e. The lowest BCUT2D eigenvalue weighted by molar-refractivity contribution is -0.145. The summed E-state index contributed by atoms with van der Waals surface area (Å²) in [5.41, 5.74) is 0. The fraction of sp³-hybridized carbons (Fsp3) is 0.778. The highest BCUT2D eigenvalue weighted by Gasteiger charge is 2.22. The number of amides is 4. The van der Waals surface area contributed by atoms with Crippen LogP contribution in [-0.4, -0.2) is 66.0 Å². The second-order valence-electron chi connectivity index (χ2n) is 6.78. The molecule has 2 N–H and O–H groups in total. The molecule has 0 saturated heterocycles. The zero-order valence-corrected chi connectivity index (χ0v) is 17.2. The Morgan fingerprint density at radius 2 is 1.81 bits per heavy atom. The third-order valence-electron chi connectivity index (χ3n) is 4.57. The van der Waals surface area contributed by atoms with E-state index >= 15 is 0 Å². The molecule has 27 heavy (non-hydrogen) atoms. The van der Waals surface area contributed by atoms with E-state index in [0.29, 0.717) is 6.04 Å². The SMILES string of the molecule is CC[C@H](C)NC(=O)NC(=O)COC(=O)CSCC(=O)N(C)C1CCCCC1. The lowest BCUT2D eigenvalue weighted by Crippen LogP contribution is -2.44. The fourth-order valence-electron chi connectivity index (χ4n) is 2.71. The summed E-state index contributed by atoms with van der Waals surface area (Å²) in [6.45, 7) is 3.20. The van der Waals surface area contributed by atoms with Gasteiger partial charge in [-0.25, -0.2) is 4.79 Å². The Morgan fingerprint density at radius 3 is 2.44 bits per heavy atom. The maximum atomic E-state index is 12.2. The third kappa shape index (κ3) is 9.65. The molecule has 8 nitrogen and oxygen atoms in total. The van der Waals surface area contributed by atoms with Gasteiger partial charge in [0.25, 0.3) is 5.91 Å². The van der Waals surface area contributed by atoms with Gasteiger partial charge in [0.15, 0.2) is 6.61 Å². The van der Waals surface area contributed by atoms with Crippen molar-refractivity contribution < 1.29 is 23.9 Å². The molecule has 1 rings (SSSR count). The van der Waals surface area contributed by atoms with Crippen molar-refractivity contribution in [2.75, 3.05) is 25.2 Å². The second-order valence-corrected chi connectivity index (χ2v) is 7.77. The van der Waals surface area contributed by atoms with E-state index in [1.807, 2.05) is 20.9 Å². The van der Waals surface area contributed by atoms with Crippen molar-refractivity contribution in [1.29, 1.82) is 0 Å². The molecular formula is C18H31N3O5S. The summed E-state index contributed by atoms with van der Waals surface area (Å²) < 4.78 is 4.82. The first-order valence-electron chi connectivity index (χ1n) is 9.42. The van der Waals surface area contributed by atoms with Crippen LogP contribution in [0, 0.1) is 0 Å². The van der Waals surface area contributed by atoms with Crippen LogP contribution >= 0.6 is 11.8 Å². The first-order chi connectivity index (χ1) is 12.8. The number of thioether (sulfide) groups is 1. The standard InChI is InChI=1S/C18H31N3O5S/c1-4-13(2)19-18(25)20-15(22)10-26-17(24)12-27-11-16(23)21(3)14-8-6-5-7-9-14/h13-14H,4-12H2,1-3H3,(H2,19,20,22,25)/t13-/m0/s1. The van der Waals surface area contributed by atoms with Gasteiger partial charge in [-0.1, -0.05) is 26.2 Å². The molecule has 0 unspecified atom stereocenters. The van der Waals surface area contributed by atoms with E-state index in [-0.39, 0.29) is 23.5 Å². The number of esters is 1. The molecule has 4 amide bonds. The average molecular weight is 402 g/mol. The van der Waals surface area contributed by atoms with Gasteiger partial charge in [0.1, 0.15) is 0 Å². The van der Waals surface area contributed by atoms with Gasteiger partial charge < -0.3 is 15.0 Å². The van der Waals surface area contributed by atoms with Crippen LogP contribution in [-0.2, 0) is 19.1 Å². The predicted octanol–water partition coefficient (Wildman–Crippen LogP) is 1.68. The van der Waals surface area contributed by atoms with E-state index in [1.165, 1.54) is 6.42 Å². The predicted molar refractivity (Wildman–Crippen MR) is 104 cm³/mol. The van der Waals surface area contributed by atoms with Gasteiger partial charge in [-0.3, -0.25) is 19.7 Å². The number of nitrogens with one attached hydrogen (secondary N) is 2. The van der Waals surface area contributed by atoms with Crippen molar-refractivity contribution >= 4 is 35.6 Å². The van der Waals surface area contributed by atoms with Crippen molar-refractivity contribution in [2.45, 2.75) is 64.5 Å². The molecule has 0 bridgehead atoms. The number of carbonyl (C=O) groups is 4. The van der Waals surface area contributed by atoms with Crippen LogP contribution in [0.4, 0.5) is 4.79 Å². The summed E-state index contributed by atoms with van der Waals surface area (Å²) in [6.07, 6.45) is 6.34. The van der Waals surface area contributed by atoms with E-state index in [4.69, 9.17) is 4.74 Å². The second kappa shape index (κ2) is 12.6. The van der Waals surface area contributed by atoms with E-state index in [2.05, 4.69) is 10.6 Å². The Morgan fingerprint density at radius 1 is 1.15 bits per heavy atom. The van der Waals surface area contributed by atoms with Gasteiger partial charge in [-0.2, -0.15) is 0 Å². The molecule has 0 aliphatic heterocycles. The summed E-state index contributed by atoms with van der Waals surface area (Å²) in [4.78, 5) is 48.6. The summed E-state index contributed by atoms with van der Waals surface area (Å²) in [5.74, 6) is -1.10. The van der Waals surface area contributed by atoms with E-state index in [1.54, 1.807) is 4.90 Å². The van der Waals surface area contributed by atoms with Gasteiger partial charge in [-0.05, 0) is 26.2 Å². The maximum absolute atomic E-state index is 12.2. The van der Waals surface area contributed by atoms with Crippen LogP contribution in [0.1, 0.15) is 52.4 Å². The Hall–Kier alpha value is -1.77. The lowest BCUT2D eigenvalue weighted by Gasteiger charge is -2.31. The van der Waals surface area contributed by atoms with Crippen LogP contribution in [0.2, 0.25) is 0 Å². The van der Waals surface area contributed by atoms with Gasteiger partial charge in [0.2, 0.25) is 5.91 Å². The molecule has 0 radical (unpaired) electrons. The molecule has 0 spiro atoms. The molecule has 1 fully saturated rings. The number of nitrogens with zero attached hydrogens (tertiary/aromatic N) is 1. The molecule has 154 valence electrons. The summed E-state index contributed by atoms with van der Waals surface area (Å²) >= 11 is 1.16. The van der Waals surface area contributed by atoms with Crippen LogP contribution in [0.3, 0.4) is 0 Å². The highest BCUT2D eigenvalue weighted by Crippen LogP contribution is 2.22. The number of imide groups is 1. The highest BCUT2D eigenvalue weighted by molar-refractivity contribution is 8.00. The van der Waals surface area contributed by atoms with Crippen molar-refractivity contribution in [2.24, 2.45) is 0 Å². The number of ether oxygens (including phenoxy) is 1. The van der Waals surface area contributed by atoms with Crippen LogP contribution in [0.25, 0.3) is 0 Å². The molecule has 1 saturated carbocycles. The highest BCUT2D eigenvalue weighted by atomic mass is 32.2. The van der Waals surface area contributed by atoms with Crippen molar-refractivity contribution in [3.8, 4) is 0 Å². The molecule has 0 aromatic rings. The molecule has 0 aromatic carbocycles. The minimum Gasteiger partial charge on any atom is -0.455 e. The number of urea groups is 1. The minimum absolute atomic E-state index is 0.000780. The fourth-order valence-corrected chi connectivity index (χ4v) is 3.44. The zero-order valence-electron chi connectivity index (χ0n) is 16.4. The molecule has 0 heterocycles. The Labute approximate surface area is 165 Å². The van der Waals surface area contributed by atoms with Gasteiger partial charge in [0, 0.05) is 19.1 Å². The molecule has 1 aliphatic carbocycles. The molecule has 9 heteroatoms. The topological polar surface area (TPSA) is 105 Å². The Balaban J connectivity index is 2.16. The monoisotopic (exact) mass is 401 g/mol. The Bertz CT molecular complexity index is 523. The van der Waals surface area contributed by atoms with E-state index in [9.17, 15) is 19.2 Å². The quantitative estimate of drug-likeness (QED) is 0.570. The molecule has 1 atom stereocenters.